The molecule has 1 N–H and O–H groups in total. The monoisotopic (exact) mass is 235 g/mol. The van der Waals surface area contributed by atoms with E-state index in [0.29, 0.717) is 6.04 Å². The van der Waals surface area contributed by atoms with Gasteiger partial charge in [0.25, 0.3) is 0 Å². The number of thiophene rings is 1. The molecule has 2 aromatic rings. The summed E-state index contributed by atoms with van der Waals surface area (Å²) in [5.41, 5.74) is 0. The van der Waals surface area contributed by atoms with Gasteiger partial charge in [0.1, 0.15) is 5.82 Å². The lowest BCUT2D eigenvalue weighted by molar-refractivity contribution is 0.471. The van der Waals surface area contributed by atoms with Gasteiger partial charge in [0.05, 0.1) is 6.04 Å². The first kappa shape index (κ1) is 11.4. The van der Waals surface area contributed by atoms with Crippen LogP contribution in [0.5, 0.6) is 0 Å². The largest absolute Gasteiger partial charge is 0.337 e. The third kappa shape index (κ3) is 2.33. The van der Waals surface area contributed by atoms with E-state index in [1.165, 1.54) is 4.88 Å². The van der Waals surface area contributed by atoms with E-state index in [1.807, 2.05) is 19.4 Å². The number of imidazole rings is 1. The van der Waals surface area contributed by atoms with Crippen LogP contribution < -0.4 is 5.32 Å². The van der Waals surface area contributed by atoms with Crippen LogP contribution in [0.3, 0.4) is 0 Å². The molecule has 0 saturated carbocycles. The summed E-state index contributed by atoms with van der Waals surface area (Å²) in [7, 11) is 2.02. The Bertz CT molecular complexity index is 433. The van der Waals surface area contributed by atoms with Crippen molar-refractivity contribution in [2.75, 3.05) is 0 Å². The minimum absolute atomic E-state index is 0.261. The van der Waals surface area contributed by atoms with Crippen molar-refractivity contribution in [3.63, 3.8) is 0 Å². The molecule has 86 valence electrons. The van der Waals surface area contributed by atoms with Crippen molar-refractivity contribution in [3.8, 4) is 0 Å². The van der Waals surface area contributed by atoms with E-state index >= 15 is 0 Å². The molecule has 0 aliphatic heterocycles. The number of rotatable bonds is 4. The number of nitrogens with one attached hydrogen (secondary N) is 1. The molecule has 0 fully saturated rings. The Morgan fingerprint density at radius 2 is 2.19 bits per heavy atom. The zero-order chi connectivity index (χ0) is 11.5. The fourth-order valence-electron chi connectivity index (χ4n) is 1.86. The van der Waals surface area contributed by atoms with Gasteiger partial charge in [0.2, 0.25) is 0 Å². The van der Waals surface area contributed by atoms with Gasteiger partial charge in [0.15, 0.2) is 0 Å². The fourth-order valence-corrected chi connectivity index (χ4v) is 2.61. The minimum atomic E-state index is 0.261. The van der Waals surface area contributed by atoms with Crippen molar-refractivity contribution < 1.29 is 0 Å². The normalized spacial score (nSPS) is 14.9. The molecule has 4 heteroatoms. The molecule has 2 atom stereocenters. The van der Waals surface area contributed by atoms with Crippen LogP contribution in [0.15, 0.2) is 29.9 Å². The molecule has 0 bridgehead atoms. The van der Waals surface area contributed by atoms with Gasteiger partial charge in [-0.05, 0) is 25.3 Å². The highest BCUT2D eigenvalue weighted by molar-refractivity contribution is 7.10. The van der Waals surface area contributed by atoms with Gasteiger partial charge in [-0.3, -0.25) is 0 Å². The molecule has 2 rings (SSSR count). The van der Waals surface area contributed by atoms with Crippen molar-refractivity contribution in [2.45, 2.75) is 25.9 Å². The zero-order valence-electron chi connectivity index (χ0n) is 9.84. The number of hydrogen-bond acceptors (Lipinski definition) is 3. The molecule has 0 aromatic carbocycles. The first-order valence-corrected chi connectivity index (χ1v) is 6.33. The van der Waals surface area contributed by atoms with Crippen molar-refractivity contribution in [3.05, 3.63) is 40.6 Å². The molecule has 16 heavy (non-hydrogen) atoms. The molecular formula is C12H17N3S. The van der Waals surface area contributed by atoms with Gasteiger partial charge in [-0.1, -0.05) is 6.07 Å². The van der Waals surface area contributed by atoms with E-state index < -0.39 is 0 Å². The first-order chi connectivity index (χ1) is 7.68. The second-order valence-corrected chi connectivity index (χ2v) is 5.00. The second kappa shape index (κ2) is 4.80. The summed E-state index contributed by atoms with van der Waals surface area (Å²) >= 11 is 1.78. The maximum Gasteiger partial charge on any atom is 0.125 e. The molecular weight excluding hydrogens is 218 g/mol. The number of hydrogen-bond donors (Lipinski definition) is 1. The molecule has 0 radical (unpaired) electrons. The second-order valence-electron chi connectivity index (χ2n) is 4.02. The molecule has 0 spiro atoms. The van der Waals surface area contributed by atoms with Crippen LogP contribution in [0.4, 0.5) is 0 Å². The highest BCUT2D eigenvalue weighted by Gasteiger charge is 2.14. The zero-order valence-corrected chi connectivity index (χ0v) is 10.7. The fraction of sp³-hybridized carbons (Fsp3) is 0.417. The Hall–Kier alpha value is -1.13. The summed E-state index contributed by atoms with van der Waals surface area (Å²) in [6, 6.07) is 4.88. The average Bonchev–Trinajstić information content (AvgIpc) is 2.86. The molecule has 0 saturated heterocycles. The lowest BCUT2D eigenvalue weighted by atomic mass is 10.2. The van der Waals surface area contributed by atoms with Crippen LogP contribution in [-0.4, -0.2) is 9.55 Å². The molecule has 0 aliphatic carbocycles. The topological polar surface area (TPSA) is 29.9 Å². The predicted octanol–water partition coefficient (Wildman–Crippen LogP) is 2.89. The van der Waals surface area contributed by atoms with Crippen molar-refractivity contribution >= 4 is 11.3 Å². The number of nitrogens with zero attached hydrogens (tertiary/aromatic N) is 2. The summed E-state index contributed by atoms with van der Waals surface area (Å²) in [4.78, 5) is 5.72. The Balaban J connectivity index is 2.03. The Kier molecular flexibility index (Phi) is 3.41. The molecule has 2 aromatic heterocycles. The van der Waals surface area contributed by atoms with Gasteiger partial charge in [-0.2, -0.15) is 0 Å². The summed E-state index contributed by atoms with van der Waals surface area (Å²) in [6.07, 6.45) is 3.81. The van der Waals surface area contributed by atoms with Gasteiger partial charge >= 0.3 is 0 Å². The summed E-state index contributed by atoms with van der Waals surface area (Å²) < 4.78 is 2.05. The Morgan fingerprint density at radius 3 is 2.75 bits per heavy atom. The van der Waals surface area contributed by atoms with E-state index in [1.54, 1.807) is 11.3 Å². The summed E-state index contributed by atoms with van der Waals surface area (Å²) in [5, 5.41) is 5.66. The minimum Gasteiger partial charge on any atom is -0.337 e. The van der Waals surface area contributed by atoms with Crippen molar-refractivity contribution in [2.24, 2.45) is 7.05 Å². The van der Waals surface area contributed by atoms with E-state index in [0.717, 1.165) is 5.82 Å². The predicted molar refractivity (Wildman–Crippen MR) is 67.5 cm³/mol. The van der Waals surface area contributed by atoms with Crippen molar-refractivity contribution in [1.82, 2.24) is 14.9 Å². The van der Waals surface area contributed by atoms with Crippen LogP contribution >= 0.6 is 11.3 Å². The average molecular weight is 235 g/mol. The molecule has 1 unspecified atom stereocenters. The third-order valence-electron chi connectivity index (χ3n) is 2.72. The van der Waals surface area contributed by atoms with Crippen molar-refractivity contribution in [1.29, 1.82) is 0 Å². The lowest BCUT2D eigenvalue weighted by Gasteiger charge is -2.18. The number of aryl methyl sites for hydroxylation is 1. The van der Waals surface area contributed by atoms with Crippen LogP contribution in [0.25, 0.3) is 0 Å². The SMILES string of the molecule is CC(N[C@@H](C)c1cccs1)c1nccn1C. The van der Waals surface area contributed by atoms with Gasteiger partial charge in [0, 0.05) is 30.4 Å². The van der Waals surface area contributed by atoms with E-state index in [4.69, 9.17) is 0 Å². The standard InChI is InChI=1S/C12H17N3S/c1-9(11-5-4-8-16-11)14-10(2)12-13-6-7-15(12)3/h4-10,14H,1-3H3/t9-,10?/m0/s1. The van der Waals surface area contributed by atoms with Crippen LogP contribution in [0, 0.1) is 0 Å². The highest BCUT2D eigenvalue weighted by Crippen LogP contribution is 2.21. The maximum atomic E-state index is 4.35. The van der Waals surface area contributed by atoms with Crippen LogP contribution in [-0.2, 0) is 7.05 Å². The highest BCUT2D eigenvalue weighted by atomic mass is 32.1. The Labute approximate surface area is 100 Å². The van der Waals surface area contributed by atoms with Gasteiger partial charge in [-0.15, -0.1) is 11.3 Å². The first-order valence-electron chi connectivity index (χ1n) is 5.45. The summed E-state index contributed by atoms with van der Waals surface area (Å²) in [6.45, 7) is 4.33. The van der Waals surface area contributed by atoms with Gasteiger partial charge in [-0.25, -0.2) is 4.98 Å². The third-order valence-corrected chi connectivity index (χ3v) is 3.77. The number of aromatic nitrogens is 2. The quantitative estimate of drug-likeness (QED) is 0.883. The summed E-state index contributed by atoms with van der Waals surface area (Å²) in [5.74, 6) is 1.07. The lowest BCUT2D eigenvalue weighted by Crippen LogP contribution is -2.24. The molecule has 2 heterocycles. The molecule has 0 amide bonds. The van der Waals surface area contributed by atoms with E-state index in [9.17, 15) is 0 Å². The van der Waals surface area contributed by atoms with Gasteiger partial charge < -0.3 is 9.88 Å². The van der Waals surface area contributed by atoms with E-state index in [2.05, 4.69) is 46.2 Å². The van der Waals surface area contributed by atoms with E-state index in [-0.39, 0.29) is 6.04 Å². The molecule has 3 nitrogen and oxygen atoms in total. The molecule has 0 aliphatic rings. The smallest absolute Gasteiger partial charge is 0.125 e. The van der Waals surface area contributed by atoms with Crippen LogP contribution in [0.2, 0.25) is 0 Å². The maximum absolute atomic E-state index is 4.35. The van der Waals surface area contributed by atoms with Crippen LogP contribution in [0.1, 0.15) is 36.6 Å². The Morgan fingerprint density at radius 1 is 1.38 bits per heavy atom.